The molecule has 1 fully saturated rings. The molecule has 0 heterocycles. The van der Waals surface area contributed by atoms with Gasteiger partial charge in [0.15, 0.2) is 0 Å². The summed E-state index contributed by atoms with van der Waals surface area (Å²) >= 11 is 0. The lowest BCUT2D eigenvalue weighted by molar-refractivity contribution is 0.0225. The van der Waals surface area contributed by atoms with E-state index in [1.165, 1.54) is 19.3 Å². The predicted octanol–water partition coefficient (Wildman–Crippen LogP) is 1.55. The van der Waals surface area contributed by atoms with Gasteiger partial charge in [0, 0.05) is 6.61 Å². The Morgan fingerprint density at radius 1 is 1.13 bits per heavy atom. The highest BCUT2D eigenvalue weighted by Gasteiger charge is 2.13. The molecule has 0 aliphatic heterocycles. The first-order valence-electron chi connectivity index (χ1n) is 5.31. The first-order valence-corrected chi connectivity index (χ1v) is 6.68. The van der Waals surface area contributed by atoms with Gasteiger partial charge in [0.05, 0.1) is 12.7 Å². The van der Waals surface area contributed by atoms with Gasteiger partial charge in [-0.05, 0) is 19.3 Å². The van der Waals surface area contributed by atoms with Crippen LogP contribution in [0.3, 0.4) is 0 Å². The van der Waals surface area contributed by atoms with Gasteiger partial charge in [-0.3, -0.25) is 4.55 Å². The van der Waals surface area contributed by atoms with Gasteiger partial charge in [0.2, 0.25) is 0 Å². The Morgan fingerprint density at radius 2 is 1.80 bits per heavy atom. The van der Waals surface area contributed by atoms with Gasteiger partial charge < -0.3 is 4.74 Å². The second-order valence-corrected chi connectivity index (χ2v) is 4.83. The zero-order valence-electron chi connectivity index (χ0n) is 8.72. The maximum atomic E-state index is 10.2. The molecule has 0 saturated heterocycles. The largest absolute Gasteiger partial charge is 0.397 e. The van der Waals surface area contributed by atoms with Crippen LogP contribution in [0.25, 0.3) is 0 Å². The van der Waals surface area contributed by atoms with Crippen LogP contribution in [0.4, 0.5) is 0 Å². The molecule has 0 unspecified atom stereocenters. The predicted molar refractivity (Wildman–Crippen MR) is 54.9 cm³/mol. The summed E-state index contributed by atoms with van der Waals surface area (Å²) in [5.74, 6) is 0. The molecule has 6 heteroatoms. The topological polar surface area (TPSA) is 72.8 Å². The van der Waals surface area contributed by atoms with Gasteiger partial charge in [-0.25, -0.2) is 4.18 Å². The fourth-order valence-corrected chi connectivity index (χ4v) is 2.03. The van der Waals surface area contributed by atoms with E-state index in [0.717, 1.165) is 12.8 Å². The van der Waals surface area contributed by atoms with E-state index in [4.69, 9.17) is 9.29 Å². The van der Waals surface area contributed by atoms with E-state index in [9.17, 15) is 8.42 Å². The number of hydrogen-bond donors (Lipinski definition) is 1. The Bertz CT molecular complexity index is 256. The minimum absolute atomic E-state index is 0.0223. The molecule has 0 atom stereocenters. The second-order valence-electron chi connectivity index (χ2n) is 3.73. The van der Waals surface area contributed by atoms with Gasteiger partial charge in [0.1, 0.15) is 0 Å². The van der Waals surface area contributed by atoms with Crippen molar-refractivity contribution >= 4 is 10.4 Å². The van der Waals surface area contributed by atoms with Crippen molar-refractivity contribution in [2.75, 3.05) is 13.2 Å². The Balaban J connectivity index is 1.96. The summed E-state index contributed by atoms with van der Waals surface area (Å²) in [4.78, 5) is 0. The van der Waals surface area contributed by atoms with Crippen LogP contribution in [-0.2, 0) is 19.3 Å². The molecule has 1 saturated carbocycles. The van der Waals surface area contributed by atoms with E-state index in [1.54, 1.807) is 0 Å². The van der Waals surface area contributed by atoms with Crippen LogP contribution in [0.15, 0.2) is 0 Å². The first kappa shape index (κ1) is 12.9. The highest BCUT2D eigenvalue weighted by Crippen LogP contribution is 2.20. The molecule has 15 heavy (non-hydrogen) atoms. The maximum Gasteiger partial charge on any atom is 0.397 e. The molecule has 0 amide bonds. The average molecular weight is 238 g/mol. The van der Waals surface area contributed by atoms with Gasteiger partial charge in [-0.2, -0.15) is 8.42 Å². The molecule has 0 aromatic carbocycles. The molecule has 1 rings (SSSR count). The number of ether oxygens (including phenoxy) is 1. The highest BCUT2D eigenvalue weighted by molar-refractivity contribution is 7.80. The van der Waals surface area contributed by atoms with E-state index >= 15 is 0 Å². The summed E-state index contributed by atoms with van der Waals surface area (Å²) < 4.78 is 38.4. The highest BCUT2D eigenvalue weighted by atomic mass is 32.3. The lowest BCUT2D eigenvalue weighted by atomic mass is 9.98. The van der Waals surface area contributed by atoms with Crippen molar-refractivity contribution in [3.8, 4) is 0 Å². The minimum atomic E-state index is -4.29. The third-order valence-corrected chi connectivity index (χ3v) is 2.89. The van der Waals surface area contributed by atoms with Crippen molar-refractivity contribution in [3.05, 3.63) is 0 Å². The van der Waals surface area contributed by atoms with Crippen molar-refractivity contribution in [1.82, 2.24) is 0 Å². The normalized spacial score (nSPS) is 19.3. The lowest BCUT2D eigenvalue weighted by Gasteiger charge is -2.21. The zero-order valence-corrected chi connectivity index (χ0v) is 9.54. The third kappa shape index (κ3) is 6.83. The number of rotatable bonds is 6. The van der Waals surface area contributed by atoms with Crippen molar-refractivity contribution in [2.45, 2.75) is 44.6 Å². The fourth-order valence-electron chi connectivity index (χ4n) is 1.70. The van der Waals surface area contributed by atoms with Gasteiger partial charge in [-0.1, -0.05) is 19.3 Å². The minimum Gasteiger partial charge on any atom is -0.378 e. The fraction of sp³-hybridized carbons (Fsp3) is 1.00. The molecule has 5 nitrogen and oxygen atoms in total. The van der Waals surface area contributed by atoms with E-state index in [0.29, 0.717) is 19.1 Å². The zero-order chi connectivity index (χ0) is 11.1. The van der Waals surface area contributed by atoms with Crippen LogP contribution in [0.5, 0.6) is 0 Å². The van der Waals surface area contributed by atoms with Crippen LogP contribution in [0, 0.1) is 0 Å². The van der Waals surface area contributed by atoms with Gasteiger partial charge in [-0.15, -0.1) is 0 Å². The average Bonchev–Trinajstić information content (AvgIpc) is 2.17. The van der Waals surface area contributed by atoms with Gasteiger partial charge >= 0.3 is 10.4 Å². The standard InChI is InChI=1S/C9H18O5S/c10-15(11,12)14-8-4-7-13-9-5-2-1-3-6-9/h9H,1-8H2,(H,10,11,12). The summed E-state index contributed by atoms with van der Waals surface area (Å²) in [5, 5.41) is 0. The first-order chi connectivity index (χ1) is 7.08. The van der Waals surface area contributed by atoms with Crippen molar-refractivity contribution in [3.63, 3.8) is 0 Å². The van der Waals surface area contributed by atoms with Crippen molar-refractivity contribution in [2.24, 2.45) is 0 Å². The van der Waals surface area contributed by atoms with Crippen LogP contribution in [0.2, 0.25) is 0 Å². The smallest absolute Gasteiger partial charge is 0.378 e. The molecular formula is C9H18O5S. The van der Waals surface area contributed by atoms with Crippen LogP contribution < -0.4 is 0 Å². The third-order valence-electron chi connectivity index (χ3n) is 2.43. The lowest BCUT2D eigenvalue weighted by Crippen LogP contribution is -2.18. The second kappa shape index (κ2) is 6.42. The molecule has 90 valence electrons. The summed E-state index contributed by atoms with van der Waals surface area (Å²) in [6.45, 7) is 0.464. The number of hydrogen-bond acceptors (Lipinski definition) is 4. The summed E-state index contributed by atoms with van der Waals surface area (Å²) in [7, 11) is -4.29. The SMILES string of the molecule is O=S(=O)(O)OCCCOC1CCCCC1. The molecule has 1 aliphatic carbocycles. The van der Waals surface area contributed by atoms with Crippen molar-refractivity contribution < 1.29 is 21.9 Å². The molecule has 0 radical (unpaired) electrons. The van der Waals surface area contributed by atoms with Crippen LogP contribution in [-0.4, -0.2) is 32.3 Å². The summed E-state index contributed by atoms with van der Waals surface area (Å²) in [5.41, 5.74) is 0. The Hall–Kier alpha value is -0.170. The molecule has 0 aromatic rings. The van der Waals surface area contributed by atoms with Crippen molar-refractivity contribution in [1.29, 1.82) is 0 Å². The molecule has 1 aliphatic rings. The molecular weight excluding hydrogens is 220 g/mol. The van der Waals surface area contributed by atoms with E-state index < -0.39 is 10.4 Å². The Labute approximate surface area is 90.7 Å². The van der Waals surface area contributed by atoms with E-state index in [1.807, 2.05) is 0 Å². The molecule has 0 bridgehead atoms. The summed E-state index contributed by atoms with van der Waals surface area (Å²) in [6.07, 6.45) is 6.71. The maximum absolute atomic E-state index is 10.2. The molecule has 1 N–H and O–H groups in total. The van der Waals surface area contributed by atoms with Gasteiger partial charge in [0.25, 0.3) is 0 Å². The van der Waals surface area contributed by atoms with E-state index in [-0.39, 0.29) is 6.61 Å². The monoisotopic (exact) mass is 238 g/mol. The molecule has 0 aromatic heterocycles. The molecule has 0 spiro atoms. The van der Waals surface area contributed by atoms with Crippen LogP contribution >= 0.6 is 0 Å². The Kier molecular flexibility index (Phi) is 5.52. The Morgan fingerprint density at radius 3 is 2.40 bits per heavy atom. The quantitative estimate of drug-likeness (QED) is 0.561. The summed E-state index contributed by atoms with van der Waals surface area (Å²) in [6, 6.07) is 0. The van der Waals surface area contributed by atoms with Crippen LogP contribution in [0.1, 0.15) is 38.5 Å². The van der Waals surface area contributed by atoms with E-state index in [2.05, 4.69) is 4.18 Å².